The number of benzene rings is 1. The molecule has 22 heavy (non-hydrogen) atoms. The van der Waals surface area contributed by atoms with E-state index in [0.29, 0.717) is 22.2 Å². The Labute approximate surface area is 135 Å². The maximum absolute atomic E-state index is 12.3. The molecule has 1 fully saturated rings. The van der Waals surface area contributed by atoms with Gasteiger partial charge in [0.15, 0.2) is 6.61 Å². The molecule has 2 heterocycles. The molecule has 0 aliphatic carbocycles. The molecule has 1 aliphatic heterocycles. The van der Waals surface area contributed by atoms with Crippen LogP contribution in [0, 0.1) is 5.92 Å². The van der Waals surface area contributed by atoms with Crippen molar-refractivity contribution < 1.29 is 9.53 Å². The van der Waals surface area contributed by atoms with Crippen molar-refractivity contribution in [2.24, 2.45) is 5.92 Å². The zero-order chi connectivity index (χ0) is 15.5. The number of amides is 1. The molecule has 0 N–H and O–H groups in total. The number of piperidine rings is 1. The Morgan fingerprint density at radius 3 is 3.14 bits per heavy atom. The van der Waals surface area contributed by atoms with E-state index < -0.39 is 0 Å². The van der Waals surface area contributed by atoms with Crippen LogP contribution >= 0.6 is 11.6 Å². The first-order valence-corrected chi connectivity index (χ1v) is 7.97. The van der Waals surface area contributed by atoms with Crippen LogP contribution in [0.3, 0.4) is 0 Å². The van der Waals surface area contributed by atoms with Gasteiger partial charge in [-0.3, -0.25) is 9.78 Å². The molecule has 1 aliphatic rings. The number of likely N-dealkylation sites (tertiary alicyclic amines) is 1. The fraction of sp³-hybridized carbons (Fsp3) is 0.412. The van der Waals surface area contributed by atoms with Crippen LogP contribution in [0.5, 0.6) is 5.75 Å². The molecule has 2 aromatic rings. The largest absolute Gasteiger partial charge is 0.481 e. The molecule has 0 unspecified atom stereocenters. The second-order valence-corrected chi connectivity index (χ2v) is 6.23. The van der Waals surface area contributed by atoms with Crippen LogP contribution in [-0.2, 0) is 4.79 Å². The number of hydrogen-bond acceptors (Lipinski definition) is 3. The fourth-order valence-electron chi connectivity index (χ4n) is 2.88. The molecule has 1 amide bonds. The number of rotatable bonds is 3. The SMILES string of the molecule is C[C@@H]1CCCN(C(=O)COc2ccc(Cl)c3cccnc23)C1. The van der Waals surface area contributed by atoms with Gasteiger partial charge in [-0.05, 0) is 43.0 Å². The van der Waals surface area contributed by atoms with Crippen molar-refractivity contribution in [3.63, 3.8) is 0 Å². The summed E-state index contributed by atoms with van der Waals surface area (Å²) < 4.78 is 5.71. The van der Waals surface area contributed by atoms with Crippen LogP contribution in [0.15, 0.2) is 30.5 Å². The molecule has 5 heteroatoms. The molecule has 4 nitrogen and oxygen atoms in total. The van der Waals surface area contributed by atoms with E-state index in [0.717, 1.165) is 24.9 Å². The van der Waals surface area contributed by atoms with E-state index in [9.17, 15) is 4.79 Å². The van der Waals surface area contributed by atoms with Gasteiger partial charge in [-0.25, -0.2) is 0 Å². The van der Waals surface area contributed by atoms with Crippen LogP contribution in [0.25, 0.3) is 10.9 Å². The summed E-state index contributed by atoms with van der Waals surface area (Å²) in [7, 11) is 0. The fourth-order valence-corrected chi connectivity index (χ4v) is 3.09. The second kappa shape index (κ2) is 6.53. The number of fused-ring (bicyclic) bond motifs is 1. The summed E-state index contributed by atoms with van der Waals surface area (Å²) in [5, 5.41) is 1.47. The lowest BCUT2D eigenvalue weighted by molar-refractivity contribution is -0.135. The minimum Gasteiger partial charge on any atom is -0.481 e. The Hall–Kier alpha value is -1.81. The number of carbonyl (C=O) groups is 1. The quantitative estimate of drug-likeness (QED) is 0.869. The highest BCUT2D eigenvalue weighted by atomic mass is 35.5. The molecule has 1 aromatic carbocycles. The summed E-state index contributed by atoms with van der Waals surface area (Å²) in [4.78, 5) is 18.5. The van der Waals surface area contributed by atoms with Gasteiger partial charge < -0.3 is 9.64 Å². The van der Waals surface area contributed by atoms with Gasteiger partial charge in [-0.1, -0.05) is 18.5 Å². The molecule has 0 bridgehead atoms. The average Bonchev–Trinajstić information content (AvgIpc) is 2.54. The number of hydrogen-bond donors (Lipinski definition) is 0. The summed E-state index contributed by atoms with van der Waals surface area (Å²) >= 11 is 6.16. The molecule has 1 atom stereocenters. The van der Waals surface area contributed by atoms with Gasteiger partial charge in [0.2, 0.25) is 0 Å². The molecule has 0 radical (unpaired) electrons. The number of nitrogens with zero attached hydrogens (tertiary/aromatic N) is 2. The van der Waals surface area contributed by atoms with Crippen LogP contribution < -0.4 is 4.74 Å². The zero-order valence-corrected chi connectivity index (χ0v) is 13.3. The van der Waals surface area contributed by atoms with Crippen LogP contribution in [-0.4, -0.2) is 35.5 Å². The van der Waals surface area contributed by atoms with E-state index in [1.807, 2.05) is 17.0 Å². The van der Waals surface area contributed by atoms with E-state index in [4.69, 9.17) is 16.3 Å². The molecular weight excluding hydrogens is 300 g/mol. The highest BCUT2D eigenvalue weighted by Crippen LogP contribution is 2.29. The summed E-state index contributed by atoms with van der Waals surface area (Å²) in [6, 6.07) is 7.27. The molecule has 1 saturated heterocycles. The molecule has 1 aromatic heterocycles. The number of halogens is 1. The lowest BCUT2D eigenvalue weighted by Crippen LogP contribution is -2.41. The first-order chi connectivity index (χ1) is 10.6. The van der Waals surface area contributed by atoms with Crippen molar-refractivity contribution in [1.29, 1.82) is 0 Å². The third kappa shape index (κ3) is 3.17. The second-order valence-electron chi connectivity index (χ2n) is 5.82. The number of aromatic nitrogens is 1. The average molecular weight is 319 g/mol. The minimum atomic E-state index is 0.0329. The highest BCUT2D eigenvalue weighted by molar-refractivity contribution is 6.35. The van der Waals surface area contributed by atoms with Gasteiger partial charge in [0.05, 0.1) is 5.02 Å². The van der Waals surface area contributed by atoms with Gasteiger partial charge in [0.1, 0.15) is 11.3 Å². The predicted molar refractivity (Wildman–Crippen MR) is 87.2 cm³/mol. The standard InChI is InChI=1S/C17H19ClN2O2/c1-12-4-3-9-20(10-12)16(21)11-22-15-7-6-14(18)13-5-2-8-19-17(13)15/h2,5-8,12H,3-4,9-11H2,1H3/t12-/m1/s1. The van der Waals surface area contributed by atoms with Gasteiger partial charge in [-0.15, -0.1) is 0 Å². The van der Waals surface area contributed by atoms with Crippen LogP contribution in [0.2, 0.25) is 5.02 Å². The van der Waals surface area contributed by atoms with Crippen molar-refractivity contribution in [3.8, 4) is 5.75 Å². The zero-order valence-electron chi connectivity index (χ0n) is 12.6. The first kappa shape index (κ1) is 15.1. The van der Waals surface area contributed by atoms with Crippen molar-refractivity contribution >= 4 is 28.4 Å². The highest BCUT2D eigenvalue weighted by Gasteiger charge is 2.21. The lowest BCUT2D eigenvalue weighted by Gasteiger charge is -2.30. The van der Waals surface area contributed by atoms with Gasteiger partial charge in [0.25, 0.3) is 5.91 Å². The van der Waals surface area contributed by atoms with Crippen molar-refractivity contribution in [2.75, 3.05) is 19.7 Å². The van der Waals surface area contributed by atoms with E-state index in [2.05, 4.69) is 11.9 Å². The van der Waals surface area contributed by atoms with Crippen molar-refractivity contribution in [2.45, 2.75) is 19.8 Å². The van der Waals surface area contributed by atoms with E-state index in [-0.39, 0.29) is 12.5 Å². The lowest BCUT2D eigenvalue weighted by atomic mass is 10.0. The van der Waals surface area contributed by atoms with Crippen LogP contribution in [0.1, 0.15) is 19.8 Å². The predicted octanol–water partition coefficient (Wildman–Crippen LogP) is 3.53. The smallest absolute Gasteiger partial charge is 0.260 e. The van der Waals surface area contributed by atoms with Gasteiger partial charge in [0, 0.05) is 24.7 Å². The molecular formula is C17H19ClN2O2. The number of pyridine rings is 1. The molecule has 0 saturated carbocycles. The minimum absolute atomic E-state index is 0.0329. The van der Waals surface area contributed by atoms with E-state index in [1.165, 1.54) is 6.42 Å². The maximum atomic E-state index is 12.3. The van der Waals surface area contributed by atoms with E-state index >= 15 is 0 Å². The Morgan fingerprint density at radius 1 is 1.45 bits per heavy atom. The molecule has 116 valence electrons. The van der Waals surface area contributed by atoms with Crippen molar-refractivity contribution in [3.05, 3.63) is 35.5 Å². The topological polar surface area (TPSA) is 42.4 Å². The van der Waals surface area contributed by atoms with Gasteiger partial charge >= 0.3 is 0 Å². The van der Waals surface area contributed by atoms with Gasteiger partial charge in [-0.2, -0.15) is 0 Å². The monoisotopic (exact) mass is 318 g/mol. The Morgan fingerprint density at radius 2 is 2.32 bits per heavy atom. The number of ether oxygens (including phenoxy) is 1. The summed E-state index contributed by atoms with van der Waals surface area (Å²) in [6.45, 7) is 3.87. The van der Waals surface area contributed by atoms with Crippen molar-refractivity contribution in [1.82, 2.24) is 9.88 Å². The third-order valence-corrected chi connectivity index (χ3v) is 4.37. The van der Waals surface area contributed by atoms with E-state index in [1.54, 1.807) is 18.3 Å². The maximum Gasteiger partial charge on any atom is 0.260 e. The Balaban J connectivity index is 1.71. The summed E-state index contributed by atoms with van der Waals surface area (Å²) in [5.74, 6) is 1.19. The third-order valence-electron chi connectivity index (χ3n) is 4.04. The molecule has 3 rings (SSSR count). The normalized spacial score (nSPS) is 18.5. The number of carbonyl (C=O) groups excluding carboxylic acids is 1. The summed E-state index contributed by atoms with van der Waals surface area (Å²) in [6.07, 6.45) is 3.95. The first-order valence-electron chi connectivity index (χ1n) is 7.59. The molecule has 0 spiro atoms. The summed E-state index contributed by atoms with van der Waals surface area (Å²) in [5.41, 5.74) is 0.690. The Bertz CT molecular complexity index is 689. The van der Waals surface area contributed by atoms with Crippen LogP contribution in [0.4, 0.5) is 0 Å². The Kier molecular flexibility index (Phi) is 4.48.